The van der Waals surface area contributed by atoms with Crippen molar-refractivity contribution in [3.8, 4) is 11.5 Å². The van der Waals surface area contributed by atoms with Gasteiger partial charge in [-0.2, -0.15) is 0 Å². The summed E-state index contributed by atoms with van der Waals surface area (Å²) >= 11 is 5.94. The highest BCUT2D eigenvalue weighted by Crippen LogP contribution is 2.37. The summed E-state index contributed by atoms with van der Waals surface area (Å²) in [4.78, 5) is 28.2. The van der Waals surface area contributed by atoms with Gasteiger partial charge in [-0.05, 0) is 30.0 Å². The molecule has 4 N–H and O–H groups in total. The number of aromatic hydroxyl groups is 2. The number of rotatable bonds is 7. The Morgan fingerprint density at radius 3 is 2.66 bits per heavy atom. The molecule has 0 radical (unpaired) electrons. The van der Waals surface area contributed by atoms with Crippen LogP contribution in [-0.2, 0) is 6.54 Å². The average Bonchev–Trinajstić information content (AvgIpc) is 3.43. The van der Waals surface area contributed by atoms with E-state index in [1.54, 1.807) is 9.80 Å². The SMILES string of the molecule is O=C1NCCN1CCNCc1ccc(C2CCCN2C(=O)c2cc(Cl)c(O)cc2O)cc1. The Bertz CT molecular complexity index is 998. The maximum atomic E-state index is 13.1. The molecule has 0 saturated carbocycles. The molecular weight excluding hydrogens is 432 g/mol. The minimum atomic E-state index is -0.302. The number of hydrogen-bond acceptors (Lipinski definition) is 5. The van der Waals surface area contributed by atoms with E-state index in [1.807, 2.05) is 24.3 Å². The number of benzene rings is 2. The first kappa shape index (κ1) is 22.2. The second kappa shape index (κ2) is 9.67. The first-order valence-electron chi connectivity index (χ1n) is 10.8. The maximum absolute atomic E-state index is 13.1. The molecule has 4 rings (SSSR count). The van der Waals surface area contributed by atoms with Crippen LogP contribution in [0.1, 0.15) is 40.4 Å². The molecule has 9 heteroatoms. The molecule has 0 aromatic heterocycles. The Balaban J connectivity index is 1.36. The van der Waals surface area contributed by atoms with Crippen molar-refractivity contribution in [1.82, 2.24) is 20.4 Å². The highest BCUT2D eigenvalue weighted by atomic mass is 35.5. The Hall–Kier alpha value is -2.97. The van der Waals surface area contributed by atoms with Crippen LogP contribution in [0, 0.1) is 0 Å². The lowest BCUT2D eigenvalue weighted by atomic mass is 10.0. The highest BCUT2D eigenvalue weighted by molar-refractivity contribution is 6.32. The second-order valence-electron chi connectivity index (χ2n) is 8.11. The van der Waals surface area contributed by atoms with Gasteiger partial charge >= 0.3 is 6.03 Å². The van der Waals surface area contributed by atoms with E-state index >= 15 is 0 Å². The highest BCUT2D eigenvalue weighted by Gasteiger charge is 2.32. The van der Waals surface area contributed by atoms with Crippen LogP contribution in [-0.4, -0.2) is 64.7 Å². The molecule has 0 aliphatic carbocycles. The van der Waals surface area contributed by atoms with Gasteiger partial charge in [0.2, 0.25) is 0 Å². The van der Waals surface area contributed by atoms with Crippen molar-refractivity contribution in [1.29, 1.82) is 0 Å². The van der Waals surface area contributed by atoms with Crippen molar-refractivity contribution in [3.63, 3.8) is 0 Å². The third-order valence-electron chi connectivity index (χ3n) is 6.01. The molecule has 0 spiro atoms. The number of halogens is 1. The van der Waals surface area contributed by atoms with Gasteiger partial charge in [0, 0.05) is 45.3 Å². The van der Waals surface area contributed by atoms with E-state index in [-0.39, 0.29) is 40.1 Å². The summed E-state index contributed by atoms with van der Waals surface area (Å²) in [6.07, 6.45) is 1.71. The monoisotopic (exact) mass is 458 g/mol. The number of nitrogens with one attached hydrogen (secondary N) is 2. The number of amides is 3. The van der Waals surface area contributed by atoms with E-state index in [2.05, 4.69) is 10.6 Å². The Morgan fingerprint density at radius 1 is 1.16 bits per heavy atom. The lowest BCUT2D eigenvalue weighted by Crippen LogP contribution is -2.34. The van der Waals surface area contributed by atoms with Crippen molar-refractivity contribution >= 4 is 23.5 Å². The summed E-state index contributed by atoms with van der Waals surface area (Å²) in [6, 6.07) is 10.5. The topological polar surface area (TPSA) is 105 Å². The largest absolute Gasteiger partial charge is 0.507 e. The van der Waals surface area contributed by atoms with E-state index in [9.17, 15) is 19.8 Å². The summed E-state index contributed by atoms with van der Waals surface area (Å²) in [5, 5.41) is 25.9. The van der Waals surface area contributed by atoms with E-state index in [0.717, 1.165) is 43.1 Å². The molecule has 0 bridgehead atoms. The molecule has 2 aliphatic heterocycles. The molecule has 1 atom stereocenters. The fourth-order valence-electron chi connectivity index (χ4n) is 4.26. The Morgan fingerprint density at radius 2 is 1.94 bits per heavy atom. The van der Waals surface area contributed by atoms with Crippen molar-refractivity contribution in [2.75, 3.05) is 32.7 Å². The normalized spacial score (nSPS) is 18.3. The van der Waals surface area contributed by atoms with Crippen LogP contribution in [0.3, 0.4) is 0 Å². The number of hydrogen-bond donors (Lipinski definition) is 4. The zero-order chi connectivity index (χ0) is 22.7. The van der Waals surface area contributed by atoms with Crippen molar-refractivity contribution in [3.05, 3.63) is 58.1 Å². The van der Waals surface area contributed by atoms with Crippen LogP contribution in [0.2, 0.25) is 5.02 Å². The van der Waals surface area contributed by atoms with Gasteiger partial charge in [0.1, 0.15) is 11.5 Å². The molecule has 1 unspecified atom stereocenters. The molecule has 2 fully saturated rings. The van der Waals surface area contributed by atoms with Crippen molar-refractivity contribution < 1.29 is 19.8 Å². The van der Waals surface area contributed by atoms with Gasteiger partial charge in [-0.3, -0.25) is 4.79 Å². The first-order chi connectivity index (χ1) is 15.4. The third-order valence-corrected chi connectivity index (χ3v) is 6.31. The quantitative estimate of drug-likeness (QED) is 0.477. The van der Waals surface area contributed by atoms with Crippen LogP contribution in [0.25, 0.3) is 0 Å². The van der Waals surface area contributed by atoms with Crippen LogP contribution in [0.4, 0.5) is 4.79 Å². The van der Waals surface area contributed by atoms with E-state index in [1.165, 1.54) is 6.07 Å². The smallest absolute Gasteiger partial charge is 0.317 e. The van der Waals surface area contributed by atoms with Crippen LogP contribution in [0.5, 0.6) is 11.5 Å². The Labute approximate surface area is 191 Å². The minimum absolute atomic E-state index is 0.00490. The number of likely N-dealkylation sites (tertiary alicyclic amines) is 1. The summed E-state index contributed by atoms with van der Waals surface area (Å²) in [5.74, 6) is -0.842. The first-order valence-corrected chi connectivity index (χ1v) is 11.2. The average molecular weight is 459 g/mol. The molecule has 2 saturated heterocycles. The molecule has 2 aromatic carbocycles. The van der Waals surface area contributed by atoms with E-state index < -0.39 is 0 Å². The van der Waals surface area contributed by atoms with Gasteiger partial charge in [0.15, 0.2) is 0 Å². The number of carbonyl (C=O) groups is 2. The fraction of sp³-hybridized carbons (Fsp3) is 0.391. The molecule has 2 aliphatic rings. The zero-order valence-corrected chi connectivity index (χ0v) is 18.4. The molecular formula is C23H27ClN4O4. The predicted molar refractivity (Wildman–Crippen MR) is 121 cm³/mol. The molecule has 32 heavy (non-hydrogen) atoms. The maximum Gasteiger partial charge on any atom is 0.317 e. The van der Waals surface area contributed by atoms with Crippen molar-refractivity contribution in [2.24, 2.45) is 0 Å². The van der Waals surface area contributed by atoms with Crippen LogP contribution >= 0.6 is 11.6 Å². The molecule has 3 amide bonds. The zero-order valence-electron chi connectivity index (χ0n) is 17.7. The number of urea groups is 1. The summed E-state index contributed by atoms with van der Waals surface area (Å²) < 4.78 is 0. The van der Waals surface area contributed by atoms with Crippen LogP contribution in [0.15, 0.2) is 36.4 Å². The number of phenols is 2. The number of nitrogens with zero attached hydrogens (tertiary/aromatic N) is 2. The summed E-state index contributed by atoms with van der Waals surface area (Å²) in [6.45, 7) is 4.15. The van der Waals surface area contributed by atoms with Gasteiger partial charge in [-0.15, -0.1) is 0 Å². The molecule has 170 valence electrons. The lowest BCUT2D eigenvalue weighted by Gasteiger charge is -2.26. The van der Waals surface area contributed by atoms with Gasteiger partial charge < -0.3 is 30.6 Å². The number of phenolic OH excluding ortho intramolecular Hbond substituents is 2. The van der Waals surface area contributed by atoms with E-state index in [0.29, 0.717) is 26.2 Å². The number of carbonyl (C=O) groups excluding carboxylic acids is 2. The van der Waals surface area contributed by atoms with Gasteiger partial charge in [0.05, 0.1) is 16.6 Å². The summed E-state index contributed by atoms with van der Waals surface area (Å²) in [7, 11) is 0. The molecule has 2 heterocycles. The van der Waals surface area contributed by atoms with E-state index in [4.69, 9.17) is 11.6 Å². The standard InChI is InChI=1S/C23H27ClN4O4/c24-18-12-17(20(29)13-21(18)30)22(31)28-9-1-2-19(28)16-5-3-15(4-6-16)14-25-7-10-27-11-8-26-23(27)32/h3-6,12-13,19,25,29-30H,1-2,7-11,14H2,(H,26,32). The minimum Gasteiger partial charge on any atom is -0.507 e. The Kier molecular flexibility index (Phi) is 6.72. The van der Waals surface area contributed by atoms with Gasteiger partial charge in [-0.25, -0.2) is 4.79 Å². The second-order valence-corrected chi connectivity index (χ2v) is 8.52. The molecule has 8 nitrogen and oxygen atoms in total. The van der Waals surface area contributed by atoms with Gasteiger partial charge in [0.25, 0.3) is 5.91 Å². The fourth-order valence-corrected chi connectivity index (χ4v) is 4.43. The van der Waals surface area contributed by atoms with Gasteiger partial charge in [-0.1, -0.05) is 35.9 Å². The lowest BCUT2D eigenvalue weighted by molar-refractivity contribution is 0.0732. The third kappa shape index (κ3) is 4.76. The summed E-state index contributed by atoms with van der Waals surface area (Å²) in [5.41, 5.74) is 2.25. The molecule has 2 aromatic rings. The van der Waals surface area contributed by atoms with Crippen molar-refractivity contribution in [2.45, 2.75) is 25.4 Å². The predicted octanol–water partition coefficient (Wildman–Crippen LogP) is 2.84. The van der Waals surface area contributed by atoms with Crippen LogP contribution < -0.4 is 10.6 Å².